The number of aryl methyl sites for hydroxylation is 1. The molecule has 2 amide bonds. The number of nitrogens with zero attached hydrogens (tertiary/aromatic N) is 4. The molecule has 2 heterocycles. The third kappa shape index (κ3) is 8.96. The van der Waals surface area contributed by atoms with Crippen molar-refractivity contribution >= 4 is 29.2 Å². The second-order valence-corrected chi connectivity index (χ2v) is 15.0. The van der Waals surface area contributed by atoms with Gasteiger partial charge in [-0.3, -0.25) is 4.79 Å². The summed E-state index contributed by atoms with van der Waals surface area (Å²) in [5.74, 6) is -1.27. The molecule has 3 aliphatic rings. The molecule has 298 valence electrons. The molecule has 2 fully saturated rings. The highest BCUT2D eigenvalue weighted by atomic mass is 35.5. The zero-order chi connectivity index (χ0) is 40.3. The molecule has 0 atom stereocenters. The number of ether oxygens (including phenoxy) is 3. The van der Waals surface area contributed by atoms with Gasteiger partial charge in [-0.1, -0.05) is 48.0 Å². The molecule has 2 aliphatic carbocycles. The predicted molar refractivity (Wildman–Crippen MR) is 205 cm³/mol. The zero-order valence-electron chi connectivity index (χ0n) is 31.5. The predicted octanol–water partition coefficient (Wildman–Crippen LogP) is 8.29. The van der Waals surface area contributed by atoms with Crippen molar-refractivity contribution < 1.29 is 42.5 Å². The van der Waals surface area contributed by atoms with Crippen LogP contribution in [0.3, 0.4) is 0 Å². The zero-order valence-corrected chi connectivity index (χ0v) is 32.2. The Morgan fingerprint density at radius 3 is 2.51 bits per heavy atom. The topological polar surface area (TPSA) is 134 Å². The lowest BCUT2D eigenvalue weighted by molar-refractivity contribution is -0.763. The van der Waals surface area contributed by atoms with Crippen LogP contribution in [0.5, 0.6) is 17.4 Å². The molecule has 2 saturated carbocycles. The van der Waals surface area contributed by atoms with Crippen LogP contribution in [0.15, 0.2) is 78.5 Å². The summed E-state index contributed by atoms with van der Waals surface area (Å²) in [7, 11) is 1.56. The largest absolute Gasteiger partial charge is 0.489 e. The molecule has 12 nitrogen and oxygen atoms in total. The van der Waals surface area contributed by atoms with Gasteiger partial charge in [0.05, 0.1) is 20.3 Å². The smallest absolute Gasteiger partial charge is 0.415 e. The van der Waals surface area contributed by atoms with E-state index >= 15 is 0 Å². The van der Waals surface area contributed by atoms with Gasteiger partial charge in [-0.05, 0) is 104 Å². The molecule has 1 aromatic heterocycles. The number of hydrogen-bond acceptors (Lipinski definition) is 9. The number of methoxy groups -OCH3 is 1. The van der Waals surface area contributed by atoms with E-state index < -0.39 is 33.3 Å². The van der Waals surface area contributed by atoms with E-state index in [0.717, 1.165) is 65.6 Å². The molecule has 0 bridgehead atoms. The highest BCUT2D eigenvalue weighted by Crippen LogP contribution is 2.59. The van der Waals surface area contributed by atoms with E-state index in [1.165, 1.54) is 6.07 Å². The van der Waals surface area contributed by atoms with Crippen LogP contribution in [-0.2, 0) is 29.2 Å². The van der Waals surface area contributed by atoms with Gasteiger partial charge in [0.25, 0.3) is 11.0 Å². The molecule has 3 aromatic carbocycles. The monoisotopic (exact) mass is 802 g/mol. The van der Waals surface area contributed by atoms with Crippen LogP contribution >= 0.6 is 11.6 Å². The summed E-state index contributed by atoms with van der Waals surface area (Å²) in [5.41, 5.74) is 5.04. The molecule has 0 radical (unpaired) electrons. The lowest BCUT2D eigenvalue weighted by Gasteiger charge is -2.38. The number of pyridine rings is 1. The molecule has 1 aliphatic heterocycles. The van der Waals surface area contributed by atoms with Crippen LogP contribution in [0.2, 0.25) is 5.02 Å². The molecule has 1 spiro atoms. The Balaban J connectivity index is 1.15. The van der Waals surface area contributed by atoms with Gasteiger partial charge in [0, 0.05) is 41.9 Å². The van der Waals surface area contributed by atoms with Crippen LogP contribution in [0.4, 0.5) is 13.6 Å². The Kier molecular flexibility index (Phi) is 11.6. The van der Waals surface area contributed by atoms with Crippen molar-refractivity contribution in [2.75, 3.05) is 26.8 Å². The van der Waals surface area contributed by atoms with Gasteiger partial charge in [0.2, 0.25) is 5.88 Å². The van der Waals surface area contributed by atoms with Crippen molar-refractivity contribution in [3.63, 3.8) is 0 Å². The Bertz CT molecular complexity index is 2210. The second-order valence-electron chi connectivity index (χ2n) is 14.6. The van der Waals surface area contributed by atoms with E-state index in [-0.39, 0.29) is 43.2 Å². The molecule has 4 aromatic rings. The van der Waals surface area contributed by atoms with Crippen LogP contribution in [-0.4, -0.2) is 64.7 Å². The highest BCUT2D eigenvalue weighted by molar-refractivity contribution is 6.32. The van der Waals surface area contributed by atoms with Crippen molar-refractivity contribution in [3.8, 4) is 17.4 Å². The lowest BCUT2D eigenvalue weighted by atomic mass is 9.81. The maximum Gasteiger partial charge on any atom is 0.415 e. The van der Waals surface area contributed by atoms with Crippen LogP contribution in [0, 0.1) is 34.1 Å². The van der Waals surface area contributed by atoms with E-state index in [1.807, 2.05) is 42.2 Å². The number of halogens is 3. The van der Waals surface area contributed by atoms with Gasteiger partial charge in [0.1, 0.15) is 23.2 Å². The molecular weight excluding hydrogens is 762 g/mol. The maximum absolute atomic E-state index is 15.0. The SMILES string of the molecule is COc1nccc(CN(C(=O)C2=C(c3ccc(CCCOc4c(F)ccc(F)c4Cl)cc3)C3(CC3)CN(C(=O)Oc3cccc(CO[N+](=O)[O-])c3)C2)C2CC2)c1C. The summed E-state index contributed by atoms with van der Waals surface area (Å²) in [5, 5.41) is 9.45. The minimum atomic E-state index is -0.888. The van der Waals surface area contributed by atoms with Crippen molar-refractivity contribution in [1.82, 2.24) is 14.8 Å². The fourth-order valence-corrected chi connectivity index (χ4v) is 7.60. The first-order valence-corrected chi connectivity index (χ1v) is 19.1. The first-order chi connectivity index (χ1) is 27.5. The Hall–Kier alpha value is -5.76. The Morgan fingerprint density at radius 1 is 1.05 bits per heavy atom. The summed E-state index contributed by atoms with van der Waals surface area (Å²) >= 11 is 5.90. The maximum atomic E-state index is 15.0. The van der Waals surface area contributed by atoms with Gasteiger partial charge in [0.15, 0.2) is 11.6 Å². The molecule has 0 N–H and O–H groups in total. The van der Waals surface area contributed by atoms with Gasteiger partial charge < -0.3 is 28.8 Å². The third-order valence-corrected chi connectivity index (χ3v) is 11.0. The first kappa shape index (κ1) is 39.5. The molecule has 15 heteroatoms. The van der Waals surface area contributed by atoms with Crippen LogP contribution in [0.25, 0.3) is 5.57 Å². The number of carbonyl (C=O) groups is 2. The molecule has 57 heavy (non-hydrogen) atoms. The number of amides is 2. The number of aromatic nitrogens is 1. The van der Waals surface area contributed by atoms with Gasteiger partial charge in [-0.15, -0.1) is 10.1 Å². The van der Waals surface area contributed by atoms with E-state index in [4.69, 9.17) is 25.8 Å². The molecule has 0 unspecified atom stereocenters. The quantitative estimate of drug-likeness (QED) is 0.0504. The normalized spacial score (nSPS) is 15.6. The van der Waals surface area contributed by atoms with Crippen molar-refractivity contribution in [2.24, 2.45) is 5.41 Å². The van der Waals surface area contributed by atoms with E-state index in [0.29, 0.717) is 42.9 Å². The lowest BCUT2D eigenvalue weighted by Crippen LogP contribution is -2.47. The molecular formula is C42H41ClF2N4O8. The summed E-state index contributed by atoms with van der Waals surface area (Å²) < 4.78 is 44.8. The average molecular weight is 803 g/mol. The number of carbonyl (C=O) groups excluding carboxylic acids is 2. The minimum absolute atomic E-state index is 0.0129. The summed E-state index contributed by atoms with van der Waals surface area (Å²) in [4.78, 5) is 51.8. The minimum Gasteiger partial charge on any atom is -0.489 e. The number of rotatable bonds is 15. The van der Waals surface area contributed by atoms with E-state index in [9.17, 15) is 28.5 Å². The van der Waals surface area contributed by atoms with Gasteiger partial charge >= 0.3 is 6.09 Å². The first-order valence-electron chi connectivity index (χ1n) is 18.7. The Morgan fingerprint density at radius 2 is 1.81 bits per heavy atom. The standard InChI is InChI=1S/C42H41ClF2N4O8/c1-26-30(16-19-46-39(26)54-2)22-48(31-12-13-31)40(50)33-23-47(41(51)57-32-7-3-5-28(21-32)24-56-49(52)53)25-42(17-18-42)36(33)29-10-8-27(9-11-29)6-4-20-55-38-35(45)15-14-34(44)37(38)43/h3,5,7-11,14-16,19,21,31H,4,6,12-13,17-18,20,22-25H2,1-2H3. The summed E-state index contributed by atoms with van der Waals surface area (Å²) in [6.45, 7) is 2.43. The van der Waals surface area contributed by atoms with Crippen molar-refractivity contribution in [3.05, 3.63) is 133 Å². The van der Waals surface area contributed by atoms with Crippen LogP contribution < -0.4 is 14.2 Å². The Labute approximate surface area is 333 Å². The van der Waals surface area contributed by atoms with Crippen molar-refractivity contribution in [1.29, 1.82) is 0 Å². The third-order valence-electron chi connectivity index (χ3n) is 10.6. The number of benzene rings is 3. The van der Waals surface area contributed by atoms with Crippen molar-refractivity contribution in [2.45, 2.75) is 64.6 Å². The highest BCUT2D eigenvalue weighted by Gasteiger charge is 2.54. The molecule has 0 saturated heterocycles. The fraction of sp³-hybridized carbons (Fsp3) is 0.357. The average Bonchev–Trinajstić information content (AvgIpc) is 4.16. The summed E-state index contributed by atoms with van der Waals surface area (Å²) in [6.07, 6.45) is 5.38. The van der Waals surface area contributed by atoms with E-state index in [1.54, 1.807) is 36.4 Å². The van der Waals surface area contributed by atoms with Gasteiger partial charge in [-0.2, -0.15) is 0 Å². The molecule has 7 rings (SSSR count). The van der Waals surface area contributed by atoms with E-state index in [2.05, 4.69) is 9.82 Å². The summed E-state index contributed by atoms with van der Waals surface area (Å²) in [6, 6.07) is 18.1. The number of hydrogen-bond donors (Lipinski definition) is 0. The van der Waals surface area contributed by atoms with Gasteiger partial charge in [-0.25, -0.2) is 18.6 Å². The second kappa shape index (κ2) is 16.8. The van der Waals surface area contributed by atoms with Crippen LogP contribution in [0.1, 0.15) is 59.9 Å². The fourth-order valence-electron chi connectivity index (χ4n) is 7.40.